The van der Waals surface area contributed by atoms with E-state index in [1.165, 1.54) is 12.8 Å². The number of hydrogen-bond acceptors (Lipinski definition) is 5. The number of amides is 1. The van der Waals surface area contributed by atoms with Crippen molar-refractivity contribution in [3.63, 3.8) is 0 Å². The van der Waals surface area contributed by atoms with Crippen LogP contribution in [0.4, 0.5) is 0 Å². The van der Waals surface area contributed by atoms with Gasteiger partial charge in [-0.25, -0.2) is 9.97 Å². The van der Waals surface area contributed by atoms with Gasteiger partial charge in [0.15, 0.2) is 5.82 Å². The van der Waals surface area contributed by atoms with Gasteiger partial charge >= 0.3 is 0 Å². The Morgan fingerprint density at radius 2 is 2.08 bits per heavy atom. The van der Waals surface area contributed by atoms with Crippen LogP contribution in [0.15, 0.2) is 36.5 Å². The SMILES string of the molecule is CC1(O)CCn2c(-c3cc4cccnc4n3CC3CC3)nc3cc(C(=O)N4CC5CC[C@H]5C4N)cc1c32. The molecule has 8 heteroatoms. The van der Waals surface area contributed by atoms with Crippen LogP contribution in [0.1, 0.15) is 54.9 Å². The fourth-order valence-electron chi connectivity index (χ4n) is 6.96. The van der Waals surface area contributed by atoms with Crippen molar-refractivity contribution in [1.29, 1.82) is 0 Å². The summed E-state index contributed by atoms with van der Waals surface area (Å²) in [7, 11) is 0. The summed E-state index contributed by atoms with van der Waals surface area (Å²) in [6, 6.07) is 10.1. The topological polar surface area (TPSA) is 102 Å². The number of nitrogens with zero attached hydrogens (tertiary/aromatic N) is 5. The fourth-order valence-corrected chi connectivity index (χ4v) is 6.96. The van der Waals surface area contributed by atoms with Crippen LogP contribution in [-0.4, -0.2) is 47.7 Å². The highest BCUT2D eigenvalue weighted by molar-refractivity contribution is 6.00. The standard InChI is InChI=1S/C29H32N6O2/c1-29(37)8-10-33-24-21(29)11-19(28(36)35-15-18-6-7-20(18)25(35)30)12-22(24)32-27(33)23-13-17-3-2-9-31-26(17)34(23)14-16-4-5-16/h2-3,9,11-13,16,18,20,25,37H,4-8,10,14-15,30H2,1H3/t18?,20-,25?,29?/m1/s1. The Morgan fingerprint density at radius 3 is 2.81 bits per heavy atom. The number of imidazole rings is 1. The molecule has 2 aliphatic carbocycles. The maximum atomic E-state index is 13.7. The normalized spacial score (nSPS) is 28.6. The molecule has 37 heavy (non-hydrogen) atoms. The van der Waals surface area contributed by atoms with Gasteiger partial charge in [0.1, 0.15) is 5.65 Å². The van der Waals surface area contributed by atoms with Crippen molar-refractivity contribution in [2.24, 2.45) is 23.5 Å². The molecule has 3 fully saturated rings. The molecule has 5 heterocycles. The van der Waals surface area contributed by atoms with E-state index >= 15 is 0 Å². The molecule has 3 N–H and O–H groups in total. The summed E-state index contributed by atoms with van der Waals surface area (Å²) in [4.78, 5) is 25.4. The van der Waals surface area contributed by atoms with Crippen LogP contribution < -0.4 is 5.73 Å². The lowest BCUT2D eigenvalue weighted by atomic mass is 9.75. The zero-order valence-corrected chi connectivity index (χ0v) is 21.1. The second-order valence-corrected chi connectivity index (χ2v) is 12.0. The van der Waals surface area contributed by atoms with Gasteiger partial charge in [-0.05, 0) is 87.1 Å². The molecule has 2 saturated carbocycles. The van der Waals surface area contributed by atoms with E-state index in [0.717, 1.165) is 65.1 Å². The highest BCUT2D eigenvalue weighted by atomic mass is 16.3. The summed E-state index contributed by atoms with van der Waals surface area (Å²) in [5.41, 5.74) is 10.5. The molecular weight excluding hydrogens is 464 g/mol. The van der Waals surface area contributed by atoms with Gasteiger partial charge in [-0.15, -0.1) is 0 Å². The van der Waals surface area contributed by atoms with Crippen LogP contribution in [0.25, 0.3) is 33.6 Å². The minimum atomic E-state index is -1.03. The predicted molar refractivity (Wildman–Crippen MR) is 141 cm³/mol. The highest BCUT2D eigenvalue weighted by Gasteiger charge is 2.47. The number of aryl methyl sites for hydroxylation is 1. The van der Waals surface area contributed by atoms with Gasteiger partial charge in [-0.2, -0.15) is 0 Å². The number of rotatable bonds is 4. The van der Waals surface area contributed by atoms with E-state index in [-0.39, 0.29) is 12.1 Å². The molecule has 190 valence electrons. The summed E-state index contributed by atoms with van der Waals surface area (Å²) >= 11 is 0. The number of carbonyl (C=O) groups excluding carboxylic acids is 1. The van der Waals surface area contributed by atoms with Crippen molar-refractivity contribution >= 4 is 28.0 Å². The summed E-state index contributed by atoms with van der Waals surface area (Å²) in [6.45, 7) is 4.17. The van der Waals surface area contributed by atoms with Crippen molar-refractivity contribution < 1.29 is 9.90 Å². The molecule has 4 aromatic rings. The minimum absolute atomic E-state index is 0.0513. The number of likely N-dealkylation sites (tertiary alicyclic amines) is 1. The number of aromatic nitrogens is 4. The third-order valence-electron chi connectivity index (χ3n) is 9.48. The zero-order chi connectivity index (χ0) is 25.1. The highest BCUT2D eigenvalue weighted by Crippen LogP contribution is 2.45. The van der Waals surface area contributed by atoms with Gasteiger partial charge in [0.05, 0.1) is 28.5 Å². The average Bonchev–Trinajstić information content (AvgIpc) is 3.44. The molecule has 1 aromatic carbocycles. The number of hydrogen-bond donors (Lipinski definition) is 2. The van der Waals surface area contributed by atoms with Crippen LogP contribution in [-0.2, 0) is 18.7 Å². The van der Waals surface area contributed by atoms with Crippen LogP contribution in [0, 0.1) is 17.8 Å². The second kappa shape index (κ2) is 7.42. The summed E-state index contributed by atoms with van der Waals surface area (Å²) in [5.74, 6) is 2.46. The lowest BCUT2D eigenvalue weighted by Gasteiger charge is -2.32. The van der Waals surface area contributed by atoms with Gasteiger partial charge in [0.25, 0.3) is 5.91 Å². The van der Waals surface area contributed by atoms with Crippen LogP contribution >= 0.6 is 0 Å². The number of aliphatic hydroxyl groups is 1. The smallest absolute Gasteiger partial charge is 0.255 e. The first-order chi connectivity index (χ1) is 17.9. The van der Waals surface area contributed by atoms with E-state index in [4.69, 9.17) is 15.7 Å². The Hall–Kier alpha value is -3.23. The molecule has 0 spiro atoms. The number of nitrogens with two attached hydrogens (primary N) is 1. The molecule has 8 nitrogen and oxygen atoms in total. The quantitative estimate of drug-likeness (QED) is 0.447. The molecule has 3 unspecified atom stereocenters. The maximum Gasteiger partial charge on any atom is 0.255 e. The largest absolute Gasteiger partial charge is 0.385 e. The lowest BCUT2D eigenvalue weighted by Crippen LogP contribution is -2.44. The molecule has 3 aromatic heterocycles. The molecule has 1 saturated heterocycles. The second-order valence-electron chi connectivity index (χ2n) is 12.0. The Kier molecular flexibility index (Phi) is 4.37. The third kappa shape index (κ3) is 3.12. The van der Waals surface area contributed by atoms with Gasteiger partial charge in [-0.1, -0.05) is 0 Å². The number of pyridine rings is 1. The van der Waals surface area contributed by atoms with Crippen molar-refractivity contribution in [2.45, 2.75) is 63.9 Å². The van der Waals surface area contributed by atoms with Crippen molar-refractivity contribution in [2.75, 3.05) is 6.54 Å². The summed E-state index contributed by atoms with van der Waals surface area (Å²) < 4.78 is 4.55. The van der Waals surface area contributed by atoms with E-state index < -0.39 is 5.60 Å². The number of carbonyl (C=O) groups is 1. The van der Waals surface area contributed by atoms with Crippen molar-refractivity contribution in [3.8, 4) is 11.5 Å². The Bertz CT molecular complexity index is 1590. The Labute approximate surface area is 215 Å². The third-order valence-corrected chi connectivity index (χ3v) is 9.48. The molecule has 0 bridgehead atoms. The van der Waals surface area contributed by atoms with Gasteiger partial charge < -0.3 is 24.9 Å². The average molecular weight is 497 g/mol. The molecule has 0 radical (unpaired) electrons. The van der Waals surface area contributed by atoms with Gasteiger partial charge in [-0.3, -0.25) is 4.79 Å². The molecule has 4 aliphatic rings. The summed E-state index contributed by atoms with van der Waals surface area (Å²) in [6.07, 6.45) is 6.94. The van der Waals surface area contributed by atoms with Gasteiger partial charge in [0.2, 0.25) is 0 Å². The van der Waals surface area contributed by atoms with E-state index in [1.807, 2.05) is 36.2 Å². The molecular formula is C29H32N6O2. The van der Waals surface area contributed by atoms with Crippen molar-refractivity contribution in [3.05, 3.63) is 47.7 Å². The maximum absolute atomic E-state index is 13.7. The minimum Gasteiger partial charge on any atom is -0.385 e. The number of benzene rings is 1. The Balaban J connectivity index is 1.30. The van der Waals surface area contributed by atoms with E-state index in [0.29, 0.717) is 36.3 Å². The van der Waals surface area contributed by atoms with Crippen LogP contribution in [0.2, 0.25) is 0 Å². The predicted octanol–water partition coefficient (Wildman–Crippen LogP) is 3.84. The summed E-state index contributed by atoms with van der Waals surface area (Å²) in [5, 5.41) is 12.5. The molecule has 1 amide bonds. The first-order valence-corrected chi connectivity index (χ1v) is 13.7. The van der Waals surface area contributed by atoms with Crippen molar-refractivity contribution in [1.82, 2.24) is 24.0 Å². The molecule has 2 aliphatic heterocycles. The zero-order valence-electron chi connectivity index (χ0n) is 21.1. The van der Waals surface area contributed by atoms with Crippen LogP contribution in [0.5, 0.6) is 0 Å². The van der Waals surface area contributed by atoms with E-state index in [2.05, 4.69) is 21.3 Å². The first-order valence-electron chi connectivity index (χ1n) is 13.7. The molecule has 4 atom stereocenters. The molecule has 8 rings (SSSR count). The Morgan fingerprint density at radius 1 is 1.22 bits per heavy atom. The van der Waals surface area contributed by atoms with Crippen LogP contribution in [0.3, 0.4) is 0 Å². The van der Waals surface area contributed by atoms with Gasteiger partial charge in [0, 0.05) is 42.3 Å². The fraction of sp³-hybridized carbons (Fsp3) is 0.483. The van der Waals surface area contributed by atoms with E-state index in [1.54, 1.807) is 0 Å². The van der Waals surface area contributed by atoms with E-state index in [9.17, 15) is 9.90 Å². The first kappa shape index (κ1) is 21.8. The number of fused-ring (bicyclic) bond motifs is 2. The lowest BCUT2D eigenvalue weighted by molar-refractivity contribution is 0.0398. The monoisotopic (exact) mass is 496 g/mol.